The Hall–Kier alpha value is -2.51. The molecule has 0 saturated carbocycles. The number of carboxylic acids is 1. The van der Waals surface area contributed by atoms with Gasteiger partial charge in [-0.3, -0.25) is 4.79 Å². The molecule has 8 nitrogen and oxygen atoms in total. The second-order valence-corrected chi connectivity index (χ2v) is 4.31. The Morgan fingerprint density at radius 1 is 1.55 bits per heavy atom. The molecule has 1 unspecified atom stereocenters. The summed E-state index contributed by atoms with van der Waals surface area (Å²) in [4.78, 5) is 14.9. The Morgan fingerprint density at radius 2 is 2.35 bits per heavy atom. The van der Waals surface area contributed by atoms with Gasteiger partial charge in [-0.05, 0) is 29.0 Å². The highest BCUT2D eigenvalue weighted by Crippen LogP contribution is 2.25. The van der Waals surface area contributed by atoms with Crippen molar-refractivity contribution in [3.63, 3.8) is 0 Å². The average molecular weight is 277 g/mol. The van der Waals surface area contributed by atoms with E-state index in [4.69, 9.17) is 9.84 Å². The average Bonchev–Trinajstić information content (AvgIpc) is 2.92. The van der Waals surface area contributed by atoms with Crippen LogP contribution in [0.5, 0.6) is 5.88 Å². The summed E-state index contributed by atoms with van der Waals surface area (Å²) in [5, 5.41) is 20.3. The summed E-state index contributed by atoms with van der Waals surface area (Å²) in [6.07, 6.45) is 2.05. The summed E-state index contributed by atoms with van der Waals surface area (Å²) in [5.74, 6) is -0.358. The third kappa shape index (κ3) is 2.90. The highest BCUT2D eigenvalue weighted by molar-refractivity contribution is 5.69. The molecule has 2 aromatic heterocycles. The minimum atomic E-state index is -0.835. The number of pyridine rings is 1. The van der Waals surface area contributed by atoms with Crippen LogP contribution in [0.1, 0.15) is 13.3 Å². The first-order chi connectivity index (χ1) is 9.63. The molecule has 20 heavy (non-hydrogen) atoms. The SMILES string of the molecule is COc1ncccc1-c1nnnn1CCC(C)C(=O)O. The van der Waals surface area contributed by atoms with Gasteiger partial charge >= 0.3 is 5.97 Å². The first kappa shape index (κ1) is 13.9. The van der Waals surface area contributed by atoms with Crippen LogP contribution >= 0.6 is 0 Å². The number of ether oxygens (including phenoxy) is 1. The number of hydrogen-bond acceptors (Lipinski definition) is 6. The predicted molar refractivity (Wildman–Crippen MR) is 69.0 cm³/mol. The molecular formula is C12H15N5O3. The molecule has 0 aliphatic carbocycles. The van der Waals surface area contributed by atoms with Crippen molar-refractivity contribution in [3.05, 3.63) is 18.3 Å². The van der Waals surface area contributed by atoms with Gasteiger partial charge in [0.25, 0.3) is 0 Å². The van der Waals surface area contributed by atoms with E-state index in [0.29, 0.717) is 30.2 Å². The largest absolute Gasteiger partial charge is 0.481 e. The van der Waals surface area contributed by atoms with E-state index in [9.17, 15) is 4.79 Å². The summed E-state index contributed by atoms with van der Waals surface area (Å²) in [5.41, 5.74) is 0.669. The third-order valence-corrected chi connectivity index (χ3v) is 2.93. The van der Waals surface area contributed by atoms with Crippen molar-refractivity contribution in [2.24, 2.45) is 5.92 Å². The maximum absolute atomic E-state index is 10.8. The van der Waals surface area contributed by atoms with E-state index in [-0.39, 0.29) is 0 Å². The fraction of sp³-hybridized carbons (Fsp3) is 0.417. The molecule has 0 radical (unpaired) electrons. The van der Waals surface area contributed by atoms with Crippen molar-refractivity contribution in [3.8, 4) is 17.3 Å². The van der Waals surface area contributed by atoms with Gasteiger partial charge in [-0.2, -0.15) is 0 Å². The molecule has 2 rings (SSSR count). The van der Waals surface area contributed by atoms with Gasteiger partial charge < -0.3 is 9.84 Å². The molecule has 1 atom stereocenters. The van der Waals surface area contributed by atoms with Crippen LogP contribution in [0.3, 0.4) is 0 Å². The van der Waals surface area contributed by atoms with E-state index in [1.807, 2.05) is 0 Å². The zero-order valence-electron chi connectivity index (χ0n) is 11.2. The van der Waals surface area contributed by atoms with Crippen molar-refractivity contribution in [1.29, 1.82) is 0 Å². The number of methoxy groups -OCH3 is 1. The van der Waals surface area contributed by atoms with E-state index in [1.54, 1.807) is 29.9 Å². The van der Waals surface area contributed by atoms with Gasteiger partial charge in [0.1, 0.15) is 0 Å². The highest BCUT2D eigenvalue weighted by Gasteiger charge is 2.16. The molecule has 2 aromatic rings. The predicted octanol–water partition coefficient (Wildman–Crippen LogP) is 0.854. The van der Waals surface area contributed by atoms with Crippen LogP contribution in [-0.4, -0.2) is 43.4 Å². The zero-order chi connectivity index (χ0) is 14.5. The summed E-state index contributed by atoms with van der Waals surface area (Å²) in [6, 6.07) is 3.56. The lowest BCUT2D eigenvalue weighted by Gasteiger charge is -2.09. The molecular weight excluding hydrogens is 262 g/mol. The molecule has 1 N–H and O–H groups in total. The van der Waals surface area contributed by atoms with Crippen LogP contribution in [0.25, 0.3) is 11.4 Å². The van der Waals surface area contributed by atoms with E-state index >= 15 is 0 Å². The molecule has 2 heterocycles. The summed E-state index contributed by atoms with van der Waals surface area (Å²) >= 11 is 0. The first-order valence-electron chi connectivity index (χ1n) is 6.11. The van der Waals surface area contributed by atoms with Gasteiger partial charge in [-0.1, -0.05) is 6.92 Å². The number of hydrogen-bond donors (Lipinski definition) is 1. The number of rotatable bonds is 6. The van der Waals surface area contributed by atoms with Gasteiger partial charge in [0.2, 0.25) is 5.88 Å². The number of aryl methyl sites for hydroxylation is 1. The van der Waals surface area contributed by atoms with Crippen LogP contribution in [0.15, 0.2) is 18.3 Å². The maximum Gasteiger partial charge on any atom is 0.306 e. The second kappa shape index (κ2) is 6.09. The molecule has 0 aromatic carbocycles. The van der Waals surface area contributed by atoms with Gasteiger partial charge in [-0.25, -0.2) is 9.67 Å². The van der Waals surface area contributed by atoms with Crippen LogP contribution < -0.4 is 4.74 Å². The van der Waals surface area contributed by atoms with E-state index in [1.165, 1.54) is 7.11 Å². The quantitative estimate of drug-likeness (QED) is 0.834. The van der Waals surface area contributed by atoms with Crippen LogP contribution in [0.2, 0.25) is 0 Å². The van der Waals surface area contributed by atoms with E-state index < -0.39 is 11.9 Å². The fourth-order valence-corrected chi connectivity index (χ4v) is 1.71. The Labute approximate surface area is 115 Å². The summed E-state index contributed by atoms with van der Waals surface area (Å²) in [7, 11) is 1.52. The zero-order valence-corrected chi connectivity index (χ0v) is 11.2. The maximum atomic E-state index is 10.8. The van der Waals surface area contributed by atoms with E-state index in [0.717, 1.165) is 0 Å². The lowest BCUT2D eigenvalue weighted by atomic mass is 10.1. The van der Waals surface area contributed by atoms with Gasteiger partial charge in [0.15, 0.2) is 5.82 Å². The lowest BCUT2D eigenvalue weighted by molar-refractivity contribution is -0.141. The number of carbonyl (C=O) groups is 1. The molecule has 0 amide bonds. The van der Waals surface area contributed by atoms with Gasteiger partial charge in [0, 0.05) is 12.7 Å². The Bertz CT molecular complexity index is 598. The first-order valence-corrected chi connectivity index (χ1v) is 6.11. The topological polar surface area (TPSA) is 103 Å². The summed E-state index contributed by atoms with van der Waals surface area (Å²) in [6.45, 7) is 2.06. The van der Waals surface area contributed by atoms with Crippen molar-refractivity contribution in [2.75, 3.05) is 7.11 Å². The molecule has 0 aliphatic heterocycles. The second-order valence-electron chi connectivity index (χ2n) is 4.31. The number of carboxylic acid groups (broad SMARTS) is 1. The minimum Gasteiger partial charge on any atom is -0.481 e. The Morgan fingerprint density at radius 3 is 3.05 bits per heavy atom. The molecule has 0 saturated heterocycles. The Balaban J connectivity index is 2.22. The number of aliphatic carboxylic acids is 1. The molecule has 0 aliphatic rings. The van der Waals surface area contributed by atoms with Crippen LogP contribution in [0.4, 0.5) is 0 Å². The number of aromatic nitrogens is 5. The smallest absolute Gasteiger partial charge is 0.306 e. The highest BCUT2D eigenvalue weighted by atomic mass is 16.5. The molecule has 0 fully saturated rings. The molecule has 106 valence electrons. The monoisotopic (exact) mass is 277 g/mol. The normalized spacial score (nSPS) is 12.1. The number of tetrazole rings is 1. The molecule has 0 spiro atoms. The van der Waals surface area contributed by atoms with Crippen LogP contribution in [0, 0.1) is 5.92 Å². The lowest BCUT2D eigenvalue weighted by Crippen LogP contribution is -2.14. The summed E-state index contributed by atoms with van der Waals surface area (Å²) < 4.78 is 6.73. The van der Waals surface area contributed by atoms with Gasteiger partial charge in [-0.15, -0.1) is 5.10 Å². The number of nitrogens with zero attached hydrogens (tertiary/aromatic N) is 5. The van der Waals surface area contributed by atoms with E-state index in [2.05, 4.69) is 20.5 Å². The molecule has 8 heteroatoms. The minimum absolute atomic E-state index is 0.411. The van der Waals surface area contributed by atoms with Crippen molar-refractivity contribution in [1.82, 2.24) is 25.2 Å². The van der Waals surface area contributed by atoms with Crippen molar-refractivity contribution >= 4 is 5.97 Å². The van der Waals surface area contributed by atoms with Crippen LogP contribution in [-0.2, 0) is 11.3 Å². The van der Waals surface area contributed by atoms with Gasteiger partial charge in [0.05, 0.1) is 18.6 Å². The standard InChI is InChI=1S/C12H15N5O3/c1-8(12(18)19)5-7-17-10(14-15-16-17)9-4-3-6-13-11(9)20-2/h3-4,6,8H,5,7H2,1-2H3,(H,18,19). The Kier molecular flexibility index (Phi) is 4.24. The third-order valence-electron chi connectivity index (χ3n) is 2.93. The molecule has 0 bridgehead atoms. The fourth-order valence-electron chi connectivity index (χ4n) is 1.71. The van der Waals surface area contributed by atoms with Crippen molar-refractivity contribution < 1.29 is 14.6 Å². The van der Waals surface area contributed by atoms with Crippen molar-refractivity contribution in [2.45, 2.75) is 19.9 Å².